The summed E-state index contributed by atoms with van der Waals surface area (Å²) in [6.45, 7) is 2.05. The van der Waals surface area contributed by atoms with Gasteiger partial charge in [0.2, 0.25) is 0 Å². The highest BCUT2D eigenvalue weighted by Gasteiger charge is 2.03. The highest BCUT2D eigenvalue weighted by atomic mass is 16.4. The summed E-state index contributed by atoms with van der Waals surface area (Å²) in [5.74, 6) is 0.605. The van der Waals surface area contributed by atoms with Gasteiger partial charge in [-0.15, -0.1) is 0 Å². The summed E-state index contributed by atoms with van der Waals surface area (Å²) in [4.78, 5) is 14.5. The van der Waals surface area contributed by atoms with Crippen molar-refractivity contribution >= 4 is 17.2 Å². The lowest BCUT2D eigenvalue weighted by molar-refractivity contribution is 0.194. The van der Waals surface area contributed by atoms with Crippen molar-refractivity contribution in [3.8, 4) is 0 Å². The molecule has 0 aliphatic carbocycles. The molecule has 0 radical (unpaired) electrons. The molecule has 1 amide bonds. The first kappa shape index (κ1) is 9.51. The summed E-state index contributed by atoms with van der Waals surface area (Å²) < 4.78 is 5.30. The Morgan fingerprint density at radius 1 is 1.60 bits per heavy atom. The lowest BCUT2D eigenvalue weighted by Crippen LogP contribution is -2.19. The Labute approximate surface area is 85.7 Å². The first-order chi connectivity index (χ1) is 7.15. The Morgan fingerprint density at radius 2 is 2.40 bits per heavy atom. The van der Waals surface area contributed by atoms with Crippen molar-refractivity contribution in [3.05, 3.63) is 29.7 Å². The number of fused-ring (bicyclic) bond motifs is 1. The van der Waals surface area contributed by atoms with Gasteiger partial charge in [-0.25, -0.2) is 9.78 Å². The number of hydrogen-bond donors (Lipinski definition) is 2. The SMILES string of the molecule is Cc1nc2cc(CNC(=O)O)ccc2o1. The number of benzene rings is 1. The highest BCUT2D eigenvalue weighted by molar-refractivity contribution is 5.73. The van der Waals surface area contributed by atoms with Crippen LogP contribution in [0.1, 0.15) is 11.5 Å². The molecule has 15 heavy (non-hydrogen) atoms. The first-order valence-electron chi connectivity index (χ1n) is 4.48. The van der Waals surface area contributed by atoms with Crippen LogP contribution < -0.4 is 5.32 Å². The summed E-state index contributed by atoms with van der Waals surface area (Å²) in [5.41, 5.74) is 2.32. The third-order valence-corrected chi connectivity index (χ3v) is 2.00. The zero-order valence-electron chi connectivity index (χ0n) is 8.15. The van der Waals surface area contributed by atoms with E-state index in [9.17, 15) is 4.79 Å². The summed E-state index contributed by atoms with van der Waals surface area (Å²) in [6.07, 6.45) is -1.04. The molecule has 2 rings (SSSR count). The number of carbonyl (C=O) groups is 1. The molecule has 0 aliphatic rings. The Bertz CT molecular complexity index is 504. The van der Waals surface area contributed by atoms with E-state index in [-0.39, 0.29) is 6.54 Å². The van der Waals surface area contributed by atoms with E-state index < -0.39 is 6.09 Å². The fourth-order valence-electron chi connectivity index (χ4n) is 1.38. The maximum absolute atomic E-state index is 10.3. The second-order valence-electron chi connectivity index (χ2n) is 3.19. The normalized spacial score (nSPS) is 10.5. The molecule has 0 saturated carbocycles. The molecular weight excluding hydrogens is 196 g/mol. The minimum atomic E-state index is -1.04. The Kier molecular flexibility index (Phi) is 2.29. The van der Waals surface area contributed by atoms with Crippen LogP contribution in [0.3, 0.4) is 0 Å². The van der Waals surface area contributed by atoms with Crippen LogP contribution in [0.2, 0.25) is 0 Å². The molecule has 0 atom stereocenters. The number of carboxylic acid groups (broad SMARTS) is 1. The van der Waals surface area contributed by atoms with Gasteiger partial charge in [0, 0.05) is 13.5 Å². The van der Waals surface area contributed by atoms with Crippen molar-refractivity contribution in [3.63, 3.8) is 0 Å². The molecule has 1 heterocycles. The van der Waals surface area contributed by atoms with Crippen LogP contribution in [0, 0.1) is 6.92 Å². The number of hydrogen-bond acceptors (Lipinski definition) is 3. The van der Waals surface area contributed by atoms with E-state index in [1.165, 1.54) is 0 Å². The summed E-state index contributed by atoms with van der Waals surface area (Å²) in [6, 6.07) is 5.40. The largest absolute Gasteiger partial charge is 0.465 e. The number of aryl methyl sites for hydroxylation is 1. The third kappa shape index (κ3) is 2.07. The maximum atomic E-state index is 10.3. The fraction of sp³-hybridized carbons (Fsp3) is 0.200. The summed E-state index contributed by atoms with van der Waals surface area (Å²) in [5, 5.41) is 10.7. The second-order valence-corrected chi connectivity index (χ2v) is 3.19. The molecule has 1 aromatic carbocycles. The van der Waals surface area contributed by atoms with Gasteiger partial charge in [-0.1, -0.05) is 6.07 Å². The molecule has 0 bridgehead atoms. The molecule has 1 aromatic heterocycles. The first-order valence-corrected chi connectivity index (χ1v) is 4.48. The molecule has 0 spiro atoms. The van der Waals surface area contributed by atoms with E-state index >= 15 is 0 Å². The number of nitrogens with one attached hydrogen (secondary N) is 1. The van der Waals surface area contributed by atoms with Gasteiger partial charge in [-0.2, -0.15) is 0 Å². The smallest absolute Gasteiger partial charge is 0.404 e. The average Bonchev–Trinajstić information content (AvgIpc) is 2.53. The van der Waals surface area contributed by atoms with E-state index in [1.54, 1.807) is 13.0 Å². The molecule has 5 nitrogen and oxygen atoms in total. The maximum Gasteiger partial charge on any atom is 0.404 e. The molecule has 2 N–H and O–H groups in total. The van der Waals surface area contributed by atoms with E-state index in [0.717, 1.165) is 11.1 Å². The molecule has 0 fully saturated rings. The van der Waals surface area contributed by atoms with Crippen LogP contribution in [0.4, 0.5) is 4.79 Å². The number of rotatable bonds is 2. The minimum Gasteiger partial charge on any atom is -0.465 e. The molecule has 0 unspecified atom stereocenters. The molecular formula is C10H10N2O3. The van der Waals surface area contributed by atoms with Crippen molar-refractivity contribution in [2.45, 2.75) is 13.5 Å². The highest BCUT2D eigenvalue weighted by Crippen LogP contribution is 2.16. The van der Waals surface area contributed by atoms with Crippen molar-refractivity contribution in [2.75, 3.05) is 0 Å². The minimum absolute atomic E-state index is 0.275. The summed E-state index contributed by atoms with van der Waals surface area (Å²) >= 11 is 0. The second kappa shape index (κ2) is 3.61. The van der Waals surface area contributed by atoms with E-state index in [0.29, 0.717) is 11.5 Å². The van der Waals surface area contributed by atoms with Crippen molar-refractivity contribution < 1.29 is 14.3 Å². The standard InChI is InChI=1S/C10H10N2O3/c1-6-12-8-4-7(5-11-10(13)14)2-3-9(8)15-6/h2-4,11H,5H2,1H3,(H,13,14). The number of oxazole rings is 1. The number of aromatic nitrogens is 1. The van der Waals surface area contributed by atoms with Gasteiger partial charge in [-0.3, -0.25) is 0 Å². The Hall–Kier alpha value is -2.04. The molecule has 78 valence electrons. The third-order valence-electron chi connectivity index (χ3n) is 2.00. The monoisotopic (exact) mass is 206 g/mol. The topological polar surface area (TPSA) is 75.4 Å². The van der Waals surface area contributed by atoms with Crippen LogP contribution >= 0.6 is 0 Å². The van der Waals surface area contributed by atoms with Gasteiger partial charge in [0.25, 0.3) is 0 Å². The van der Waals surface area contributed by atoms with Gasteiger partial charge in [0.1, 0.15) is 5.52 Å². The van der Waals surface area contributed by atoms with Gasteiger partial charge in [-0.05, 0) is 17.7 Å². The average molecular weight is 206 g/mol. The van der Waals surface area contributed by atoms with Crippen LogP contribution in [0.25, 0.3) is 11.1 Å². The lowest BCUT2D eigenvalue weighted by atomic mass is 10.2. The molecule has 0 saturated heterocycles. The van der Waals surface area contributed by atoms with E-state index in [4.69, 9.17) is 9.52 Å². The predicted octanol–water partition coefficient (Wildman–Crippen LogP) is 1.90. The molecule has 0 aliphatic heterocycles. The van der Waals surface area contributed by atoms with Crippen LogP contribution in [0.5, 0.6) is 0 Å². The molecule has 2 aromatic rings. The van der Waals surface area contributed by atoms with Gasteiger partial charge in [0.15, 0.2) is 11.5 Å². The van der Waals surface area contributed by atoms with Crippen LogP contribution in [0.15, 0.2) is 22.6 Å². The number of nitrogens with zero attached hydrogens (tertiary/aromatic N) is 1. The van der Waals surface area contributed by atoms with Crippen LogP contribution in [-0.2, 0) is 6.54 Å². The number of amides is 1. The lowest BCUT2D eigenvalue weighted by Gasteiger charge is -1.99. The predicted molar refractivity (Wildman–Crippen MR) is 53.6 cm³/mol. The quantitative estimate of drug-likeness (QED) is 0.786. The van der Waals surface area contributed by atoms with E-state index in [2.05, 4.69) is 10.3 Å². The Morgan fingerprint density at radius 3 is 3.13 bits per heavy atom. The van der Waals surface area contributed by atoms with Gasteiger partial charge in [0.05, 0.1) is 0 Å². The zero-order chi connectivity index (χ0) is 10.8. The zero-order valence-corrected chi connectivity index (χ0v) is 8.15. The van der Waals surface area contributed by atoms with Crippen molar-refractivity contribution in [1.82, 2.24) is 10.3 Å². The van der Waals surface area contributed by atoms with Crippen molar-refractivity contribution in [2.24, 2.45) is 0 Å². The van der Waals surface area contributed by atoms with Crippen molar-refractivity contribution in [1.29, 1.82) is 0 Å². The fourth-order valence-corrected chi connectivity index (χ4v) is 1.38. The summed E-state index contributed by atoms with van der Waals surface area (Å²) in [7, 11) is 0. The van der Waals surface area contributed by atoms with Gasteiger partial charge < -0.3 is 14.8 Å². The Balaban J connectivity index is 2.26. The van der Waals surface area contributed by atoms with Gasteiger partial charge >= 0.3 is 6.09 Å². The molecule has 5 heteroatoms. The van der Waals surface area contributed by atoms with Crippen LogP contribution in [-0.4, -0.2) is 16.2 Å². The van der Waals surface area contributed by atoms with E-state index in [1.807, 2.05) is 12.1 Å².